The van der Waals surface area contributed by atoms with Gasteiger partial charge in [-0.3, -0.25) is 0 Å². The summed E-state index contributed by atoms with van der Waals surface area (Å²) in [5, 5.41) is 3.86. The van der Waals surface area contributed by atoms with Gasteiger partial charge < -0.3 is 10.1 Å². The minimum atomic E-state index is 0.422. The number of rotatable bonds is 5. The predicted octanol–water partition coefficient (Wildman–Crippen LogP) is 4.98. The van der Waals surface area contributed by atoms with Gasteiger partial charge >= 0.3 is 0 Å². The van der Waals surface area contributed by atoms with Crippen LogP contribution in [0.15, 0.2) is 42.5 Å². The Kier molecular flexibility index (Phi) is 5.05. The van der Waals surface area contributed by atoms with Gasteiger partial charge in [0.1, 0.15) is 11.5 Å². The number of benzene rings is 2. The highest BCUT2D eigenvalue weighted by molar-refractivity contribution is 6.30. The van der Waals surface area contributed by atoms with Gasteiger partial charge in [0.05, 0.1) is 0 Å². The van der Waals surface area contributed by atoms with Gasteiger partial charge in [-0.2, -0.15) is 0 Å². The third-order valence-electron chi connectivity index (χ3n) is 3.15. The molecular weight excluding hydrogens is 270 g/mol. The van der Waals surface area contributed by atoms with Crippen LogP contribution in [0.4, 0.5) is 0 Å². The Balaban J connectivity index is 2.35. The molecule has 3 heteroatoms. The Morgan fingerprint density at radius 3 is 2.55 bits per heavy atom. The zero-order valence-electron chi connectivity index (χ0n) is 12.1. The van der Waals surface area contributed by atoms with Gasteiger partial charge in [0.25, 0.3) is 0 Å². The molecule has 0 radical (unpaired) electrons. The summed E-state index contributed by atoms with van der Waals surface area (Å²) in [6.45, 7) is 5.05. The van der Waals surface area contributed by atoms with Crippen LogP contribution in [-0.4, -0.2) is 7.05 Å². The van der Waals surface area contributed by atoms with E-state index in [0.29, 0.717) is 5.92 Å². The maximum absolute atomic E-state index is 6.11. The van der Waals surface area contributed by atoms with E-state index in [1.54, 1.807) is 0 Å². The fourth-order valence-corrected chi connectivity index (χ4v) is 2.34. The fraction of sp³-hybridized carbons (Fsp3) is 0.294. The van der Waals surface area contributed by atoms with Crippen LogP contribution >= 0.6 is 11.6 Å². The van der Waals surface area contributed by atoms with E-state index in [1.807, 2.05) is 43.4 Å². The molecule has 0 saturated heterocycles. The molecule has 0 unspecified atom stereocenters. The molecular formula is C17H20ClNO. The first-order chi connectivity index (χ1) is 9.61. The molecule has 0 aromatic heterocycles. The minimum Gasteiger partial charge on any atom is -0.457 e. The van der Waals surface area contributed by atoms with Gasteiger partial charge in [-0.05, 0) is 42.8 Å². The minimum absolute atomic E-state index is 0.422. The molecule has 0 spiro atoms. The molecule has 0 aliphatic rings. The molecule has 2 aromatic rings. The zero-order chi connectivity index (χ0) is 14.5. The van der Waals surface area contributed by atoms with Crippen LogP contribution in [0.1, 0.15) is 30.9 Å². The molecule has 1 N–H and O–H groups in total. The van der Waals surface area contributed by atoms with E-state index in [2.05, 4.69) is 25.2 Å². The van der Waals surface area contributed by atoms with E-state index in [-0.39, 0.29) is 0 Å². The highest BCUT2D eigenvalue weighted by Crippen LogP contribution is 2.33. The van der Waals surface area contributed by atoms with Crippen molar-refractivity contribution in [3.05, 3.63) is 58.6 Å². The molecule has 20 heavy (non-hydrogen) atoms. The third kappa shape index (κ3) is 3.53. The molecule has 0 aliphatic heterocycles. The van der Waals surface area contributed by atoms with Crippen molar-refractivity contribution in [3.8, 4) is 11.5 Å². The summed E-state index contributed by atoms with van der Waals surface area (Å²) in [6.07, 6.45) is 0. The van der Waals surface area contributed by atoms with Crippen molar-refractivity contribution in [1.29, 1.82) is 0 Å². The molecule has 0 saturated carbocycles. The van der Waals surface area contributed by atoms with Gasteiger partial charge in [-0.1, -0.05) is 43.6 Å². The van der Waals surface area contributed by atoms with Crippen molar-refractivity contribution in [2.24, 2.45) is 0 Å². The van der Waals surface area contributed by atoms with Crippen molar-refractivity contribution in [2.45, 2.75) is 26.3 Å². The molecule has 0 heterocycles. The average molecular weight is 290 g/mol. The van der Waals surface area contributed by atoms with Crippen molar-refractivity contribution >= 4 is 11.6 Å². The molecule has 0 aliphatic carbocycles. The Morgan fingerprint density at radius 1 is 1.10 bits per heavy atom. The number of nitrogens with one attached hydrogen (secondary N) is 1. The largest absolute Gasteiger partial charge is 0.457 e. The topological polar surface area (TPSA) is 21.3 Å². The zero-order valence-corrected chi connectivity index (χ0v) is 12.9. The Labute approximate surface area is 125 Å². The Morgan fingerprint density at radius 2 is 1.85 bits per heavy atom. The standard InChI is InChI=1S/C17H20ClNO/c1-12(2)15-6-4-5-7-17(15)20-16-9-8-14(18)10-13(16)11-19-3/h4-10,12,19H,11H2,1-3H3. The molecule has 0 atom stereocenters. The fourth-order valence-electron chi connectivity index (χ4n) is 2.15. The Bertz CT molecular complexity index is 581. The lowest BCUT2D eigenvalue weighted by atomic mass is 10.0. The maximum Gasteiger partial charge on any atom is 0.132 e. The quantitative estimate of drug-likeness (QED) is 0.838. The van der Waals surface area contributed by atoms with Crippen LogP contribution in [0.3, 0.4) is 0 Å². The van der Waals surface area contributed by atoms with Crippen molar-refractivity contribution in [1.82, 2.24) is 5.32 Å². The summed E-state index contributed by atoms with van der Waals surface area (Å²) < 4.78 is 6.11. The maximum atomic E-state index is 6.11. The van der Waals surface area contributed by atoms with Crippen molar-refractivity contribution < 1.29 is 4.74 Å². The third-order valence-corrected chi connectivity index (χ3v) is 3.39. The molecule has 2 nitrogen and oxygen atoms in total. The lowest BCUT2D eigenvalue weighted by molar-refractivity contribution is 0.465. The van der Waals surface area contributed by atoms with Crippen LogP contribution in [0.25, 0.3) is 0 Å². The van der Waals surface area contributed by atoms with E-state index in [0.717, 1.165) is 28.6 Å². The van der Waals surface area contributed by atoms with E-state index < -0.39 is 0 Å². The highest BCUT2D eigenvalue weighted by Gasteiger charge is 2.10. The van der Waals surface area contributed by atoms with E-state index in [4.69, 9.17) is 16.3 Å². The molecule has 2 rings (SSSR count). The van der Waals surface area contributed by atoms with Gasteiger partial charge in [0.2, 0.25) is 0 Å². The van der Waals surface area contributed by atoms with Crippen LogP contribution in [0, 0.1) is 0 Å². The van der Waals surface area contributed by atoms with Crippen LogP contribution in [0.2, 0.25) is 5.02 Å². The van der Waals surface area contributed by atoms with E-state index in [1.165, 1.54) is 5.56 Å². The van der Waals surface area contributed by atoms with Crippen LogP contribution < -0.4 is 10.1 Å². The molecule has 0 fully saturated rings. The van der Waals surface area contributed by atoms with Gasteiger partial charge in [-0.25, -0.2) is 0 Å². The number of hydrogen-bond acceptors (Lipinski definition) is 2. The van der Waals surface area contributed by atoms with Gasteiger partial charge in [-0.15, -0.1) is 0 Å². The first-order valence-corrected chi connectivity index (χ1v) is 7.19. The van der Waals surface area contributed by atoms with Crippen LogP contribution in [0.5, 0.6) is 11.5 Å². The Hall–Kier alpha value is -1.51. The highest BCUT2D eigenvalue weighted by atomic mass is 35.5. The normalized spacial score (nSPS) is 10.8. The van der Waals surface area contributed by atoms with Gasteiger partial charge in [0, 0.05) is 17.1 Å². The summed E-state index contributed by atoms with van der Waals surface area (Å²) in [4.78, 5) is 0. The number of halogens is 1. The second-order valence-electron chi connectivity index (χ2n) is 5.08. The van der Waals surface area contributed by atoms with Gasteiger partial charge in [0.15, 0.2) is 0 Å². The van der Waals surface area contributed by atoms with Crippen LogP contribution in [-0.2, 0) is 6.54 Å². The SMILES string of the molecule is CNCc1cc(Cl)ccc1Oc1ccccc1C(C)C. The van der Waals surface area contributed by atoms with E-state index in [9.17, 15) is 0 Å². The summed E-state index contributed by atoms with van der Waals surface area (Å²) in [5.74, 6) is 2.17. The number of hydrogen-bond donors (Lipinski definition) is 1. The monoisotopic (exact) mass is 289 g/mol. The molecule has 2 aromatic carbocycles. The van der Waals surface area contributed by atoms with E-state index >= 15 is 0 Å². The summed E-state index contributed by atoms with van der Waals surface area (Å²) in [7, 11) is 1.91. The molecule has 0 amide bonds. The smallest absolute Gasteiger partial charge is 0.132 e. The molecule has 106 valence electrons. The van der Waals surface area contributed by atoms with Crippen molar-refractivity contribution in [3.63, 3.8) is 0 Å². The first-order valence-electron chi connectivity index (χ1n) is 6.81. The number of para-hydroxylation sites is 1. The second-order valence-corrected chi connectivity index (χ2v) is 5.51. The summed E-state index contributed by atoms with van der Waals surface area (Å²) in [6, 6.07) is 13.9. The lowest BCUT2D eigenvalue weighted by Gasteiger charge is -2.16. The average Bonchev–Trinajstić information content (AvgIpc) is 2.42. The lowest BCUT2D eigenvalue weighted by Crippen LogP contribution is -2.06. The summed E-state index contributed by atoms with van der Waals surface area (Å²) in [5.41, 5.74) is 2.26. The molecule has 0 bridgehead atoms. The second kappa shape index (κ2) is 6.78. The first kappa shape index (κ1) is 14.9. The number of ether oxygens (including phenoxy) is 1. The summed E-state index contributed by atoms with van der Waals surface area (Å²) >= 11 is 6.05. The predicted molar refractivity (Wildman–Crippen MR) is 84.8 cm³/mol. The van der Waals surface area contributed by atoms with Crippen molar-refractivity contribution in [2.75, 3.05) is 7.05 Å².